The predicted molar refractivity (Wildman–Crippen MR) is 82.4 cm³/mol. The zero-order valence-electron chi connectivity index (χ0n) is 12.8. The van der Waals surface area contributed by atoms with Gasteiger partial charge in [0.25, 0.3) is 0 Å². The molecule has 1 saturated heterocycles. The Hall–Kier alpha value is -1.36. The monoisotopic (exact) mass is 278 g/mol. The van der Waals surface area contributed by atoms with Crippen LogP contribution in [0.25, 0.3) is 0 Å². The Kier molecular flexibility index (Phi) is 5.17. The van der Waals surface area contributed by atoms with E-state index in [1.807, 2.05) is 7.05 Å². The molecule has 5 heteroatoms. The van der Waals surface area contributed by atoms with E-state index in [1.54, 1.807) is 0 Å². The molecule has 2 heterocycles. The van der Waals surface area contributed by atoms with Crippen LogP contribution in [0.15, 0.2) is 0 Å². The van der Waals surface area contributed by atoms with Gasteiger partial charge in [0.2, 0.25) is 0 Å². The molecule has 0 aliphatic carbocycles. The first-order valence-electron chi connectivity index (χ1n) is 7.64. The number of rotatable bonds is 5. The summed E-state index contributed by atoms with van der Waals surface area (Å²) in [6.07, 6.45) is 5.32. The topological polar surface area (TPSA) is 61.3 Å². The van der Waals surface area contributed by atoms with Gasteiger partial charge in [0.05, 0.1) is 12.6 Å². The Bertz CT molecular complexity index is 450. The summed E-state index contributed by atoms with van der Waals surface area (Å²) >= 11 is 0. The zero-order valence-corrected chi connectivity index (χ0v) is 12.8. The number of aliphatic hydroxyl groups excluding tert-OH is 1. The van der Waals surface area contributed by atoms with E-state index in [0.717, 1.165) is 55.3 Å². The number of aliphatic hydroxyl groups is 1. The predicted octanol–water partition coefficient (Wildman–Crippen LogP) is 2.13. The summed E-state index contributed by atoms with van der Waals surface area (Å²) in [7, 11) is 1.90. The van der Waals surface area contributed by atoms with E-state index < -0.39 is 0 Å². The molecule has 0 bridgehead atoms. The average Bonchev–Trinajstić information content (AvgIpc) is 2.49. The van der Waals surface area contributed by atoms with Crippen molar-refractivity contribution in [2.45, 2.75) is 52.0 Å². The number of nitrogens with one attached hydrogen (secondary N) is 1. The maximum atomic E-state index is 9.61. The van der Waals surface area contributed by atoms with Gasteiger partial charge in [-0.25, -0.2) is 9.97 Å². The van der Waals surface area contributed by atoms with Crippen molar-refractivity contribution in [1.29, 1.82) is 0 Å². The molecular weight excluding hydrogens is 252 g/mol. The van der Waals surface area contributed by atoms with Crippen LogP contribution >= 0.6 is 0 Å². The molecule has 1 fully saturated rings. The number of aromatic nitrogens is 2. The average molecular weight is 278 g/mol. The molecule has 1 atom stereocenters. The normalized spacial score (nSPS) is 19.2. The highest BCUT2D eigenvalue weighted by molar-refractivity contribution is 5.59. The number of anilines is 2. The van der Waals surface area contributed by atoms with Gasteiger partial charge in [-0.15, -0.1) is 0 Å². The summed E-state index contributed by atoms with van der Waals surface area (Å²) in [4.78, 5) is 11.6. The highest BCUT2D eigenvalue weighted by atomic mass is 16.3. The lowest BCUT2D eigenvalue weighted by Crippen LogP contribution is -2.43. The Morgan fingerprint density at radius 3 is 2.80 bits per heavy atom. The number of nitrogens with zero attached hydrogens (tertiary/aromatic N) is 3. The van der Waals surface area contributed by atoms with Gasteiger partial charge in [0, 0.05) is 25.6 Å². The van der Waals surface area contributed by atoms with Crippen molar-refractivity contribution in [2.75, 3.05) is 30.4 Å². The summed E-state index contributed by atoms with van der Waals surface area (Å²) in [6.45, 7) is 5.36. The summed E-state index contributed by atoms with van der Waals surface area (Å²) in [6, 6.07) is 0.191. The first-order valence-corrected chi connectivity index (χ1v) is 7.64. The smallest absolute Gasteiger partial charge is 0.137 e. The fourth-order valence-electron chi connectivity index (χ4n) is 2.88. The minimum atomic E-state index is 0.191. The van der Waals surface area contributed by atoms with Gasteiger partial charge in [0.15, 0.2) is 0 Å². The first-order chi connectivity index (χ1) is 9.71. The Balaban J connectivity index is 2.39. The van der Waals surface area contributed by atoms with Crippen LogP contribution in [0.5, 0.6) is 0 Å². The Morgan fingerprint density at radius 1 is 1.35 bits per heavy atom. The zero-order chi connectivity index (χ0) is 14.5. The molecule has 1 aromatic heterocycles. The molecule has 0 saturated carbocycles. The molecule has 20 heavy (non-hydrogen) atoms. The fraction of sp³-hybridized carbons (Fsp3) is 0.733. The molecular formula is C15H26N4O. The van der Waals surface area contributed by atoms with Gasteiger partial charge >= 0.3 is 0 Å². The van der Waals surface area contributed by atoms with Crippen LogP contribution in [-0.4, -0.2) is 41.3 Å². The first kappa shape index (κ1) is 15.0. The van der Waals surface area contributed by atoms with Crippen molar-refractivity contribution in [1.82, 2.24) is 9.97 Å². The second kappa shape index (κ2) is 6.88. The van der Waals surface area contributed by atoms with E-state index in [1.165, 1.54) is 6.42 Å². The fourth-order valence-corrected chi connectivity index (χ4v) is 2.88. The molecule has 1 aliphatic rings. The van der Waals surface area contributed by atoms with E-state index in [4.69, 9.17) is 4.98 Å². The quantitative estimate of drug-likeness (QED) is 0.864. The molecule has 2 N–H and O–H groups in total. The van der Waals surface area contributed by atoms with E-state index in [-0.39, 0.29) is 12.6 Å². The van der Waals surface area contributed by atoms with Crippen LogP contribution < -0.4 is 10.2 Å². The minimum absolute atomic E-state index is 0.191. The van der Waals surface area contributed by atoms with Gasteiger partial charge in [-0.2, -0.15) is 0 Å². The maximum Gasteiger partial charge on any atom is 0.137 e. The van der Waals surface area contributed by atoms with E-state index in [2.05, 4.69) is 29.0 Å². The lowest BCUT2D eigenvalue weighted by Gasteiger charge is -2.36. The molecule has 0 aromatic carbocycles. The molecule has 0 amide bonds. The molecule has 2 rings (SSSR count). The van der Waals surface area contributed by atoms with Crippen LogP contribution in [0.3, 0.4) is 0 Å². The molecule has 5 nitrogen and oxygen atoms in total. The molecule has 1 aliphatic heterocycles. The Labute approximate surface area is 121 Å². The van der Waals surface area contributed by atoms with Crippen LogP contribution in [0.4, 0.5) is 11.6 Å². The standard InChI is InChI=1S/C15H26N4O/c1-4-7-13-17-14(16-3)11(2)15(18-13)19-9-6-5-8-12(19)10-20/h12,20H,4-10H2,1-3H3,(H,16,17,18). The summed E-state index contributed by atoms with van der Waals surface area (Å²) in [5.41, 5.74) is 1.08. The summed E-state index contributed by atoms with van der Waals surface area (Å²) in [5, 5.41) is 12.8. The van der Waals surface area contributed by atoms with Crippen molar-refractivity contribution in [3.63, 3.8) is 0 Å². The number of hydrogen-bond donors (Lipinski definition) is 2. The molecule has 0 spiro atoms. The lowest BCUT2D eigenvalue weighted by atomic mass is 10.0. The molecule has 1 aromatic rings. The van der Waals surface area contributed by atoms with Crippen molar-refractivity contribution >= 4 is 11.6 Å². The number of piperidine rings is 1. The minimum Gasteiger partial charge on any atom is -0.394 e. The SMILES string of the molecule is CCCc1nc(NC)c(C)c(N2CCCCC2CO)n1. The van der Waals surface area contributed by atoms with E-state index in [0.29, 0.717) is 0 Å². The van der Waals surface area contributed by atoms with Crippen molar-refractivity contribution in [3.8, 4) is 0 Å². The Morgan fingerprint density at radius 2 is 2.15 bits per heavy atom. The van der Waals surface area contributed by atoms with Crippen LogP contribution in [0.1, 0.15) is 44.0 Å². The van der Waals surface area contributed by atoms with Crippen LogP contribution in [0.2, 0.25) is 0 Å². The maximum absolute atomic E-state index is 9.61. The van der Waals surface area contributed by atoms with E-state index >= 15 is 0 Å². The third-order valence-electron chi connectivity index (χ3n) is 3.99. The molecule has 1 unspecified atom stereocenters. The van der Waals surface area contributed by atoms with Crippen molar-refractivity contribution in [3.05, 3.63) is 11.4 Å². The van der Waals surface area contributed by atoms with Gasteiger partial charge in [0.1, 0.15) is 17.5 Å². The third-order valence-corrected chi connectivity index (χ3v) is 3.99. The molecule has 0 radical (unpaired) electrons. The van der Waals surface area contributed by atoms with Crippen LogP contribution in [-0.2, 0) is 6.42 Å². The lowest BCUT2D eigenvalue weighted by molar-refractivity contribution is 0.239. The van der Waals surface area contributed by atoms with Crippen molar-refractivity contribution in [2.24, 2.45) is 0 Å². The van der Waals surface area contributed by atoms with Crippen molar-refractivity contribution < 1.29 is 5.11 Å². The number of hydrogen-bond acceptors (Lipinski definition) is 5. The summed E-state index contributed by atoms with van der Waals surface area (Å²) in [5.74, 6) is 2.78. The highest BCUT2D eigenvalue weighted by Gasteiger charge is 2.25. The second-order valence-corrected chi connectivity index (χ2v) is 5.46. The van der Waals surface area contributed by atoms with Gasteiger partial charge in [-0.05, 0) is 32.6 Å². The van der Waals surface area contributed by atoms with Gasteiger partial charge in [-0.1, -0.05) is 6.92 Å². The highest BCUT2D eigenvalue weighted by Crippen LogP contribution is 2.29. The number of aryl methyl sites for hydroxylation is 1. The second-order valence-electron chi connectivity index (χ2n) is 5.46. The van der Waals surface area contributed by atoms with E-state index in [9.17, 15) is 5.11 Å². The van der Waals surface area contributed by atoms with Gasteiger partial charge < -0.3 is 15.3 Å². The largest absolute Gasteiger partial charge is 0.394 e. The van der Waals surface area contributed by atoms with Gasteiger partial charge in [-0.3, -0.25) is 0 Å². The summed E-state index contributed by atoms with van der Waals surface area (Å²) < 4.78 is 0. The molecule has 112 valence electrons. The third kappa shape index (κ3) is 3.03. The van der Waals surface area contributed by atoms with Crippen LogP contribution in [0, 0.1) is 6.92 Å².